The van der Waals surface area contributed by atoms with Crippen molar-refractivity contribution in [2.45, 2.75) is 58.4 Å². The minimum absolute atomic E-state index is 0.155. The lowest BCUT2D eigenvalue weighted by atomic mass is 9.75. The minimum Gasteiger partial charge on any atom is -0.497 e. The fourth-order valence-electron chi connectivity index (χ4n) is 2.39. The fraction of sp³-hybridized carbons (Fsp3) is 0.647. The molecular formula is C17H29NO. The second-order valence-corrected chi connectivity index (χ2v) is 6.32. The number of methoxy groups -OCH3 is 1. The molecule has 1 aromatic rings. The molecular weight excluding hydrogens is 234 g/mol. The summed E-state index contributed by atoms with van der Waals surface area (Å²) in [4.78, 5) is 0. The number of hydrogen-bond acceptors (Lipinski definition) is 2. The number of hydrogen-bond donors (Lipinski definition) is 1. The molecule has 0 saturated heterocycles. The van der Waals surface area contributed by atoms with E-state index in [1.54, 1.807) is 7.11 Å². The van der Waals surface area contributed by atoms with Gasteiger partial charge in [-0.2, -0.15) is 0 Å². The summed E-state index contributed by atoms with van der Waals surface area (Å²) >= 11 is 0. The van der Waals surface area contributed by atoms with Crippen molar-refractivity contribution in [2.24, 2.45) is 0 Å². The van der Waals surface area contributed by atoms with Crippen molar-refractivity contribution in [1.82, 2.24) is 5.32 Å². The zero-order valence-electron chi connectivity index (χ0n) is 13.3. The summed E-state index contributed by atoms with van der Waals surface area (Å²) in [6, 6.07) is 8.53. The third-order valence-corrected chi connectivity index (χ3v) is 4.01. The monoisotopic (exact) mass is 263 g/mol. The van der Waals surface area contributed by atoms with Crippen molar-refractivity contribution in [3.8, 4) is 5.75 Å². The molecule has 1 N–H and O–H groups in total. The van der Waals surface area contributed by atoms with E-state index in [9.17, 15) is 0 Å². The Balaban J connectivity index is 2.96. The van der Waals surface area contributed by atoms with Crippen LogP contribution in [0.4, 0.5) is 0 Å². The van der Waals surface area contributed by atoms with Gasteiger partial charge in [-0.1, -0.05) is 26.0 Å². The average molecular weight is 263 g/mol. The van der Waals surface area contributed by atoms with Crippen molar-refractivity contribution < 1.29 is 4.74 Å². The first-order chi connectivity index (χ1) is 8.87. The van der Waals surface area contributed by atoms with Gasteiger partial charge in [0.25, 0.3) is 0 Å². The molecule has 0 aliphatic heterocycles. The highest BCUT2D eigenvalue weighted by atomic mass is 16.5. The van der Waals surface area contributed by atoms with E-state index in [-0.39, 0.29) is 11.0 Å². The van der Waals surface area contributed by atoms with Crippen LogP contribution in [0.1, 0.15) is 53.0 Å². The molecule has 2 heteroatoms. The topological polar surface area (TPSA) is 21.3 Å². The maximum atomic E-state index is 5.25. The molecule has 19 heavy (non-hydrogen) atoms. The minimum atomic E-state index is 0.155. The molecule has 1 aromatic carbocycles. The Bertz CT molecular complexity index is 371. The van der Waals surface area contributed by atoms with Crippen molar-refractivity contribution in [2.75, 3.05) is 13.7 Å². The first-order valence-electron chi connectivity index (χ1n) is 7.26. The highest BCUT2D eigenvalue weighted by molar-refractivity contribution is 5.32. The van der Waals surface area contributed by atoms with E-state index >= 15 is 0 Å². The van der Waals surface area contributed by atoms with Crippen LogP contribution in [0, 0.1) is 0 Å². The lowest BCUT2D eigenvalue weighted by Crippen LogP contribution is -2.45. The normalized spacial score (nSPS) is 12.5. The van der Waals surface area contributed by atoms with Crippen LogP contribution < -0.4 is 10.1 Å². The van der Waals surface area contributed by atoms with Gasteiger partial charge in [0.2, 0.25) is 0 Å². The Morgan fingerprint density at radius 1 is 1.00 bits per heavy atom. The molecule has 0 atom stereocenters. The molecule has 0 aromatic heterocycles. The number of nitrogens with one attached hydrogen (secondary N) is 1. The van der Waals surface area contributed by atoms with Crippen molar-refractivity contribution in [3.05, 3.63) is 29.8 Å². The van der Waals surface area contributed by atoms with Gasteiger partial charge >= 0.3 is 0 Å². The van der Waals surface area contributed by atoms with Crippen LogP contribution >= 0.6 is 0 Å². The summed E-state index contributed by atoms with van der Waals surface area (Å²) in [6.07, 6.45) is 2.28. The maximum Gasteiger partial charge on any atom is 0.118 e. The molecule has 0 fully saturated rings. The van der Waals surface area contributed by atoms with Crippen LogP contribution in [0.25, 0.3) is 0 Å². The van der Waals surface area contributed by atoms with E-state index in [0.29, 0.717) is 0 Å². The summed E-state index contributed by atoms with van der Waals surface area (Å²) in [6.45, 7) is 12.2. The quantitative estimate of drug-likeness (QED) is 0.833. The van der Waals surface area contributed by atoms with Crippen LogP contribution in [0.15, 0.2) is 24.3 Å². The van der Waals surface area contributed by atoms with Crippen LogP contribution in [0.2, 0.25) is 0 Å². The highest BCUT2D eigenvalue weighted by Gasteiger charge is 2.29. The molecule has 0 heterocycles. The summed E-state index contributed by atoms with van der Waals surface area (Å²) in [5.41, 5.74) is 1.76. The predicted octanol–water partition coefficient (Wildman–Crippen LogP) is 4.14. The van der Waals surface area contributed by atoms with Crippen molar-refractivity contribution in [1.29, 1.82) is 0 Å². The Kier molecular flexibility index (Phi) is 5.42. The Hall–Kier alpha value is -1.02. The smallest absolute Gasteiger partial charge is 0.118 e. The van der Waals surface area contributed by atoms with Crippen LogP contribution in [0.3, 0.4) is 0 Å². The lowest BCUT2D eigenvalue weighted by Gasteiger charge is -2.36. The molecule has 0 radical (unpaired) electrons. The summed E-state index contributed by atoms with van der Waals surface area (Å²) < 4.78 is 5.25. The Labute approximate surface area is 118 Å². The lowest BCUT2D eigenvalue weighted by molar-refractivity contribution is 0.312. The van der Waals surface area contributed by atoms with Gasteiger partial charge in [0, 0.05) is 17.5 Å². The summed E-state index contributed by atoms with van der Waals surface area (Å²) in [7, 11) is 1.71. The first-order valence-corrected chi connectivity index (χ1v) is 7.26. The van der Waals surface area contributed by atoms with E-state index < -0.39 is 0 Å². The second kappa shape index (κ2) is 6.42. The van der Waals surface area contributed by atoms with Gasteiger partial charge in [-0.3, -0.25) is 0 Å². The molecule has 0 amide bonds. The van der Waals surface area contributed by atoms with Gasteiger partial charge in [0.1, 0.15) is 5.75 Å². The Morgan fingerprint density at radius 3 is 1.89 bits per heavy atom. The molecule has 2 nitrogen and oxygen atoms in total. The molecule has 1 rings (SSSR count). The standard InChI is InChI=1S/C17H29NO/c1-7-17(8-2,13-18-16(3,4)5)14-9-11-15(19-6)12-10-14/h9-12,18H,7-8,13H2,1-6H3. The maximum absolute atomic E-state index is 5.25. The van der Waals surface area contributed by atoms with E-state index in [4.69, 9.17) is 4.74 Å². The molecule has 0 unspecified atom stereocenters. The van der Waals surface area contributed by atoms with E-state index in [1.165, 1.54) is 5.56 Å². The van der Waals surface area contributed by atoms with Gasteiger partial charge in [0.15, 0.2) is 0 Å². The number of benzene rings is 1. The van der Waals surface area contributed by atoms with Crippen LogP contribution in [-0.4, -0.2) is 19.2 Å². The van der Waals surface area contributed by atoms with E-state index in [1.807, 2.05) is 0 Å². The molecule has 0 bridgehead atoms. The van der Waals surface area contributed by atoms with Gasteiger partial charge < -0.3 is 10.1 Å². The third kappa shape index (κ3) is 4.24. The molecule has 0 aliphatic rings. The number of rotatable bonds is 6. The largest absolute Gasteiger partial charge is 0.497 e. The highest BCUT2D eigenvalue weighted by Crippen LogP contribution is 2.32. The predicted molar refractivity (Wildman–Crippen MR) is 83.0 cm³/mol. The summed E-state index contributed by atoms with van der Waals surface area (Å²) in [5, 5.41) is 3.66. The molecule has 0 saturated carbocycles. The second-order valence-electron chi connectivity index (χ2n) is 6.32. The van der Waals surface area contributed by atoms with Gasteiger partial charge in [0.05, 0.1) is 7.11 Å². The Morgan fingerprint density at radius 2 is 1.53 bits per heavy atom. The van der Waals surface area contributed by atoms with Crippen LogP contribution in [0.5, 0.6) is 5.75 Å². The van der Waals surface area contributed by atoms with Gasteiger partial charge in [-0.25, -0.2) is 0 Å². The van der Waals surface area contributed by atoms with Gasteiger partial charge in [-0.15, -0.1) is 0 Å². The van der Waals surface area contributed by atoms with E-state index in [2.05, 4.69) is 64.2 Å². The van der Waals surface area contributed by atoms with Gasteiger partial charge in [-0.05, 0) is 51.3 Å². The molecule has 108 valence electrons. The van der Waals surface area contributed by atoms with E-state index in [0.717, 1.165) is 25.1 Å². The molecule has 0 aliphatic carbocycles. The fourth-order valence-corrected chi connectivity index (χ4v) is 2.39. The van der Waals surface area contributed by atoms with Crippen molar-refractivity contribution in [3.63, 3.8) is 0 Å². The SMILES string of the molecule is CCC(CC)(CNC(C)(C)C)c1ccc(OC)cc1. The first kappa shape index (κ1) is 16.0. The van der Waals surface area contributed by atoms with Crippen LogP contribution in [-0.2, 0) is 5.41 Å². The summed E-state index contributed by atoms with van der Waals surface area (Å²) in [5.74, 6) is 0.925. The zero-order chi connectivity index (χ0) is 14.5. The third-order valence-electron chi connectivity index (χ3n) is 4.01. The van der Waals surface area contributed by atoms with Crippen molar-refractivity contribution >= 4 is 0 Å². The zero-order valence-corrected chi connectivity index (χ0v) is 13.3. The molecule has 0 spiro atoms. The average Bonchev–Trinajstić information content (AvgIpc) is 2.40. The number of ether oxygens (including phenoxy) is 1.